The number of benzene rings is 2. The van der Waals surface area contributed by atoms with Gasteiger partial charge in [0.2, 0.25) is 5.89 Å². The number of carbonyl (C=O) groups is 1. The molecule has 0 saturated carbocycles. The van der Waals surface area contributed by atoms with Gasteiger partial charge < -0.3 is 19.1 Å². The normalized spacial score (nSPS) is 11.2. The van der Waals surface area contributed by atoms with E-state index in [0.717, 1.165) is 11.8 Å². The van der Waals surface area contributed by atoms with Gasteiger partial charge in [-0.3, -0.25) is 0 Å². The maximum atomic E-state index is 11.6. The molecule has 0 spiro atoms. The standard InChI is InChI=1S/C20H15ClN2O4S/c1-2-11-26-16-6-4-3-5-14(16)12-17(19(24)25)28-20-23-22-18(27-20)13-7-9-15(21)10-8-13/h2-10,12H,1,11H2,(H,24,25)/p-1/b17-12-. The molecule has 6 nitrogen and oxygen atoms in total. The summed E-state index contributed by atoms with van der Waals surface area (Å²) in [6, 6.07) is 13.9. The molecule has 0 N–H and O–H groups in total. The number of thioether (sulfide) groups is 1. The van der Waals surface area contributed by atoms with E-state index in [2.05, 4.69) is 16.8 Å². The number of hydrogen-bond donors (Lipinski definition) is 0. The van der Waals surface area contributed by atoms with Crippen LogP contribution in [0, 0.1) is 0 Å². The zero-order valence-electron chi connectivity index (χ0n) is 14.5. The molecule has 0 radical (unpaired) electrons. The van der Waals surface area contributed by atoms with Gasteiger partial charge >= 0.3 is 0 Å². The van der Waals surface area contributed by atoms with E-state index in [9.17, 15) is 9.90 Å². The Morgan fingerprint density at radius 3 is 2.68 bits per heavy atom. The highest BCUT2D eigenvalue weighted by Crippen LogP contribution is 2.31. The summed E-state index contributed by atoms with van der Waals surface area (Å²) >= 11 is 6.66. The van der Waals surface area contributed by atoms with E-state index in [1.165, 1.54) is 6.08 Å². The maximum Gasteiger partial charge on any atom is 0.281 e. The largest absolute Gasteiger partial charge is 0.544 e. The van der Waals surface area contributed by atoms with Crippen molar-refractivity contribution in [1.82, 2.24) is 10.2 Å². The van der Waals surface area contributed by atoms with Crippen LogP contribution in [0.5, 0.6) is 5.75 Å². The molecule has 0 aliphatic carbocycles. The number of ether oxygens (including phenoxy) is 1. The van der Waals surface area contributed by atoms with E-state index >= 15 is 0 Å². The van der Waals surface area contributed by atoms with Gasteiger partial charge in [-0.2, -0.15) is 0 Å². The van der Waals surface area contributed by atoms with Crippen LogP contribution in [0.3, 0.4) is 0 Å². The second kappa shape index (κ2) is 9.25. The molecule has 3 rings (SSSR count). The summed E-state index contributed by atoms with van der Waals surface area (Å²) in [5.41, 5.74) is 1.25. The van der Waals surface area contributed by atoms with Crippen molar-refractivity contribution in [3.63, 3.8) is 0 Å². The molecular formula is C20H14ClN2O4S-. The Kier molecular flexibility index (Phi) is 6.52. The topological polar surface area (TPSA) is 88.3 Å². The zero-order valence-corrected chi connectivity index (χ0v) is 16.1. The average Bonchev–Trinajstić information content (AvgIpc) is 3.16. The summed E-state index contributed by atoms with van der Waals surface area (Å²) in [7, 11) is 0. The predicted molar refractivity (Wildman–Crippen MR) is 106 cm³/mol. The van der Waals surface area contributed by atoms with Gasteiger partial charge in [-0.1, -0.05) is 42.5 Å². The Hall–Kier alpha value is -3.03. The fraction of sp³-hybridized carbons (Fsp3) is 0.0500. The number of para-hydroxylation sites is 1. The van der Waals surface area contributed by atoms with Crippen LogP contribution in [0.4, 0.5) is 0 Å². The highest BCUT2D eigenvalue weighted by molar-refractivity contribution is 8.03. The monoisotopic (exact) mass is 413 g/mol. The van der Waals surface area contributed by atoms with E-state index in [-0.39, 0.29) is 16.0 Å². The Bertz CT molecular complexity index is 1020. The molecule has 1 heterocycles. The summed E-state index contributed by atoms with van der Waals surface area (Å²) < 4.78 is 11.1. The molecule has 0 aliphatic heterocycles. The molecule has 142 valence electrons. The van der Waals surface area contributed by atoms with Crippen LogP contribution in [0.2, 0.25) is 5.02 Å². The molecule has 2 aromatic carbocycles. The van der Waals surface area contributed by atoms with Crippen LogP contribution in [0.25, 0.3) is 17.5 Å². The van der Waals surface area contributed by atoms with Crippen molar-refractivity contribution in [1.29, 1.82) is 0 Å². The van der Waals surface area contributed by atoms with Gasteiger partial charge in [0.25, 0.3) is 5.22 Å². The summed E-state index contributed by atoms with van der Waals surface area (Å²) in [5.74, 6) is -0.588. The van der Waals surface area contributed by atoms with Crippen molar-refractivity contribution in [3.05, 3.63) is 76.7 Å². The molecule has 0 unspecified atom stereocenters. The lowest BCUT2D eigenvalue weighted by molar-refractivity contribution is -0.298. The van der Waals surface area contributed by atoms with Gasteiger partial charge in [0, 0.05) is 21.1 Å². The molecule has 8 heteroatoms. The van der Waals surface area contributed by atoms with Crippen LogP contribution in [0.1, 0.15) is 5.56 Å². The minimum Gasteiger partial charge on any atom is -0.544 e. The summed E-state index contributed by atoms with van der Waals surface area (Å²) in [6.07, 6.45) is 3.04. The smallest absolute Gasteiger partial charge is 0.281 e. The van der Waals surface area contributed by atoms with E-state index in [1.54, 1.807) is 54.6 Å². The second-order valence-corrected chi connectivity index (χ2v) is 6.85. The Morgan fingerprint density at radius 2 is 1.96 bits per heavy atom. The van der Waals surface area contributed by atoms with Crippen LogP contribution < -0.4 is 9.84 Å². The quantitative estimate of drug-likeness (QED) is 0.315. The lowest BCUT2D eigenvalue weighted by Crippen LogP contribution is -2.23. The van der Waals surface area contributed by atoms with E-state index < -0.39 is 5.97 Å². The lowest BCUT2D eigenvalue weighted by Gasteiger charge is -2.09. The Balaban J connectivity index is 1.85. The fourth-order valence-corrected chi connectivity index (χ4v) is 2.99. The first-order chi connectivity index (χ1) is 13.6. The summed E-state index contributed by atoms with van der Waals surface area (Å²) in [5, 5.41) is 20.1. The molecule has 3 aromatic rings. The number of aromatic nitrogens is 2. The molecule has 0 fully saturated rings. The van der Waals surface area contributed by atoms with Crippen molar-refractivity contribution in [2.45, 2.75) is 5.22 Å². The molecular weight excluding hydrogens is 400 g/mol. The third kappa shape index (κ3) is 5.03. The van der Waals surface area contributed by atoms with Gasteiger partial charge in [0.1, 0.15) is 12.4 Å². The van der Waals surface area contributed by atoms with Crippen molar-refractivity contribution < 1.29 is 19.1 Å². The van der Waals surface area contributed by atoms with E-state index in [4.69, 9.17) is 20.8 Å². The van der Waals surface area contributed by atoms with Crippen molar-refractivity contribution in [2.24, 2.45) is 0 Å². The van der Waals surface area contributed by atoms with Crippen LogP contribution in [0.15, 0.2) is 75.7 Å². The maximum absolute atomic E-state index is 11.6. The zero-order chi connectivity index (χ0) is 19.9. The van der Waals surface area contributed by atoms with Gasteiger partial charge in [-0.25, -0.2) is 0 Å². The van der Waals surface area contributed by atoms with Crippen molar-refractivity contribution >= 4 is 35.4 Å². The number of carboxylic acid groups (broad SMARTS) is 1. The molecule has 0 atom stereocenters. The molecule has 0 aliphatic rings. The number of carbonyl (C=O) groups excluding carboxylic acids is 1. The first kappa shape index (κ1) is 19.7. The van der Waals surface area contributed by atoms with Crippen LogP contribution in [-0.2, 0) is 4.79 Å². The Labute approximate surface area is 170 Å². The number of halogens is 1. The van der Waals surface area contributed by atoms with Crippen LogP contribution >= 0.6 is 23.4 Å². The Morgan fingerprint density at radius 1 is 1.21 bits per heavy atom. The number of aliphatic carboxylic acids is 1. The molecule has 0 saturated heterocycles. The van der Waals surface area contributed by atoms with E-state index in [0.29, 0.717) is 28.5 Å². The summed E-state index contributed by atoms with van der Waals surface area (Å²) in [6.45, 7) is 3.90. The first-order valence-corrected chi connectivity index (χ1v) is 9.29. The molecule has 0 bridgehead atoms. The minimum atomic E-state index is -1.37. The van der Waals surface area contributed by atoms with Gasteiger partial charge in [-0.05, 0) is 48.2 Å². The van der Waals surface area contributed by atoms with Gasteiger partial charge in [0.15, 0.2) is 0 Å². The number of hydrogen-bond acceptors (Lipinski definition) is 7. The average molecular weight is 414 g/mol. The molecule has 28 heavy (non-hydrogen) atoms. The molecule has 0 amide bonds. The second-order valence-electron chi connectivity index (χ2n) is 5.42. The highest BCUT2D eigenvalue weighted by atomic mass is 35.5. The van der Waals surface area contributed by atoms with Crippen LogP contribution in [-0.4, -0.2) is 22.8 Å². The summed E-state index contributed by atoms with van der Waals surface area (Å²) in [4.78, 5) is 11.5. The lowest BCUT2D eigenvalue weighted by atomic mass is 10.2. The predicted octanol–water partition coefficient (Wildman–Crippen LogP) is 3.84. The SMILES string of the molecule is C=CCOc1ccccc1/C=C(\Sc1nnc(-c2ccc(Cl)cc2)o1)C(=O)[O-]. The van der Waals surface area contributed by atoms with Gasteiger partial charge in [0.05, 0.1) is 5.97 Å². The number of nitrogens with zero attached hydrogens (tertiary/aromatic N) is 2. The van der Waals surface area contributed by atoms with Gasteiger partial charge in [-0.15, -0.1) is 10.2 Å². The van der Waals surface area contributed by atoms with E-state index in [1.807, 2.05) is 0 Å². The highest BCUT2D eigenvalue weighted by Gasteiger charge is 2.13. The fourth-order valence-electron chi connectivity index (χ4n) is 2.21. The number of carboxylic acids is 1. The number of rotatable bonds is 8. The minimum absolute atomic E-state index is 0.0740. The molecule has 1 aromatic heterocycles. The third-order valence-electron chi connectivity index (χ3n) is 3.46. The van der Waals surface area contributed by atoms with Crippen molar-refractivity contribution in [3.8, 4) is 17.2 Å². The first-order valence-electron chi connectivity index (χ1n) is 8.10. The third-order valence-corrected chi connectivity index (χ3v) is 4.55. The van der Waals surface area contributed by atoms with Crippen molar-refractivity contribution in [2.75, 3.05) is 6.61 Å².